The Morgan fingerprint density at radius 2 is 1.30 bits per heavy atom. The second-order valence-electron chi connectivity index (χ2n) is 14.3. The number of aryl methyl sites for hydroxylation is 1. The predicted octanol–water partition coefficient (Wildman–Crippen LogP) is 0.879. The van der Waals surface area contributed by atoms with Gasteiger partial charge in [0.15, 0.2) is 6.29 Å². The van der Waals surface area contributed by atoms with Crippen molar-refractivity contribution >= 4 is 11.4 Å². The van der Waals surface area contributed by atoms with E-state index in [9.17, 15) is 56.0 Å². The van der Waals surface area contributed by atoms with E-state index in [0.717, 1.165) is 6.07 Å². The van der Waals surface area contributed by atoms with Crippen LogP contribution in [0.3, 0.4) is 0 Å². The summed E-state index contributed by atoms with van der Waals surface area (Å²) >= 11 is 0. The molecule has 16 nitrogen and oxygen atoms in total. The Hall–Kier alpha value is -2.38. The largest absolute Gasteiger partial charge is 0.394 e. The molecule has 7 N–H and O–H groups in total. The minimum Gasteiger partial charge on any atom is -0.394 e. The van der Waals surface area contributed by atoms with Crippen LogP contribution in [0, 0.1) is 38.0 Å². The molecular formula is C30H50N2O14. The fraction of sp³-hybridized carbons (Fsp3) is 0.800. The summed E-state index contributed by atoms with van der Waals surface area (Å²) in [6, 6.07) is 2.42. The zero-order chi connectivity index (χ0) is 35.3. The first-order chi connectivity index (χ1) is 21.1. The highest BCUT2D eigenvalue weighted by atomic mass is 16.7. The second-order valence-corrected chi connectivity index (χ2v) is 14.3. The van der Waals surface area contributed by atoms with Gasteiger partial charge in [-0.2, -0.15) is 0 Å². The van der Waals surface area contributed by atoms with Crippen molar-refractivity contribution in [3.63, 3.8) is 0 Å². The van der Waals surface area contributed by atoms with Crippen molar-refractivity contribution in [2.75, 3.05) is 13.2 Å². The highest BCUT2D eigenvalue weighted by Crippen LogP contribution is 2.34. The minimum atomic E-state index is -1.67. The molecule has 2 fully saturated rings. The lowest BCUT2D eigenvalue weighted by Crippen LogP contribution is -2.64. The molecule has 46 heavy (non-hydrogen) atoms. The maximum Gasteiger partial charge on any atom is 0.279 e. The number of nitrogens with zero attached hydrogens (tertiary/aromatic N) is 2. The van der Waals surface area contributed by atoms with E-state index in [-0.39, 0.29) is 22.2 Å². The Balaban J connectivity index is 0.000000353. The Morgan fingerprint density at radius 3 is 1.78 bits per heavy atom. The highest BCUT2D eigenvalue weighted by molar-refractivity contribution is 5.53. The average Bonchev–Trinajstić information content (AvgIpc) is 2.94. The smallest absolute Gasteiger partial charge is 0.279 e. The molecule has 2 heterocycles. The lowest BCUT2D eigenvalue weighted by atomic mass is 9.85. The molecule has 4 unspecified atom stereocenters. The third-order valence-electron chi connectivity index (χ3n) is 7.83. The van der Waals surface area contributed by atoms with Crippen LogP contribution in [0.1, 0.15) is 65.5 Å². The summed E-state index contributed by atoms with van der Waals surface area (Å²) in [5, 5.41) is 91.5. The lowest BCUT2D eigenvalue weighted by molar-refractivity contribution is -0.394. The molecule has 0 spiro atoms. The molecule has 264 valence electrons. The van der Waals surface area contributed by atoms with E-state index in [1.165, 1.54) is 6.07 Å². The van der Waals surface area contributed by atoms with Crippen molar-refractivity contribution in [1.82, 2.24) is 0 Å². The van der Waals surface area contributed by atoms with Crippen molar-refractivity contribution in [2.45, 2.75) is 129 Å². The molecule has 16 heteroatoms. The molecule has 0 aromatic heterocycles. The van der Waals surface area contributed by atoms with Crippen LogP contribution in [0.2, 0.25) is 0 Å². The van der Waals surface area contributed by atoms with E-state index in [4.69, 9.17) is 14.2 Å². The molecule has 10 atom stereocenters. The predicted molar refractivity (Wildman–Crippen MR) is 163 cm³/mol. The molecule has 0 saturated carbocycles. The molecule has 0 bridgehead atoms. The van der Waals surface area contributed by atoms with Crippen LogP contribution in [0.15, 0.2) is 12.1 Å². The minimum absolute atomic E-state index is 0.0263. The third kappa shape index (κ3) is 10.6. The molecule has 1 aromatic carbocycles. The molecule has 0 radical (unpaired) electrons. The lowest BCUT2D eigenvalue weighted by Gasteiger charge is -2.46. The second kappa shape index (κ2) is 16.1. The van der Waals surface area contributed by atoms with Gasteiger partial charge in [-0.05, 0) is 42.6 Å². The summed E-state index contributed by atoms with van der Waals surface area (Å²) in [6.45, 7) is 12.5. The fourth-order valence-corrected chi connectivity index (χ4v) is 5.28. The van der Waals surface area contributed by atoms with Crippen molar-refractivity contribution in [3.05, 3.63) is 43.5 Å². The number of benzene rings is 1. The van der Waals surface area contributed by atoms with Crippen molar-refractivity contribution < 1.29 is 59.8 Å². The standard InChI is InChI=1S/C18H34O10.C12H16N2O4/c1-18(2,3)5-4-8-12(22)16(13(23)10(7-20)26-8)28-17-15(25)14(24)11(21)9(6-19)27-17;1-8-5-9(13(15)16)6-11(14(17)18)10(8)7-12(2,3)4/h8-17,19-25H,4-7H2,1-3H3;5-6H,7H2,1-4H3/t8-,9?,10?,11-,12?,13-,14-,15?,16+,17+;/m0./s1. The van der Waals surface area contributed by atoms with Gasteiger partial charge in [0.2, 0.25) is 0 Å². The summed E-state index contributed by atoms with van der Waals surface area (Å²) < 4.78 is 16.5. The van der Waals surface area contributed by atoms with Crippen LogP contribution in [0.4, 0.5) is 11.4 Å². The number of non-ortho nitro benzene ring substituents is 1. The van der Waals surface area contributed by atoms with Gasteiger partial charge >= 0.3 is 0 Å². The molecule has 1 aromatic rings. The van der Waals surface area contributed by atoms with Gasteiger partial charge in [0.25, 0.3) is 11.4 Å². The zero-order valence-corrected chi connectivity index (χ0v) is 27.3. The van der Waals surface area contributed by atoms with Gasteiger partial charge in [-0.1, -0.05) is 41.5 Å². The van der Waals surface area contributed by atoms with E-state index < -0.39 is 84.3 Å². The molecule has 3 rings (SSSR count). The molecule has 0 amide bonds. The average molecular weight is 663 g/mol. The maximum atomic E-state index is 11.0. The first-order valence-electron chi connectivity index (χ1n) is 15.1. The van der Waals surface area contributed by atoms with Gasteiger partial charge in [0.1, 0.15) is 48.8 Å². The summed E-state index contributed by atoms with van der Waals surface area (Å²) in [5.41, 5.74) is 0.602. The monoisotopic (exact) mass is 662 g/mol. The van der Waals surface area contributed by atoms with Gasteiger partial charge in [-0.3, -0.25) is 20.2 Å². The third-order valence-corrected chi connectivity index (χ3v) is 7.83. The summed E-state index contributed by atoms with van der Waals surface area (Å²) in [6.07, 6.45) is -11.6. The Morgan fingerprint density at radius 1 is 0.761 bits per heavy atom. The number of aliphatic hydroxyl groups is 7. The fourth-order valence-electron chi connectivity index (χ4n) is 5.28. The number of ether oxygens (including phenoxy) is 3. The van der Waals surface area contributed by atoms with Gasteiger partial charge in [-0.15, -0.1) is 0 Å². The molecule has 0 aliphatic carbocycles. The molecule has 2 aliphatic heterocycles. The Labute approximate surface area is 267 Å². The van der Waals surface area contributed by atoms with Crippen molar-refractivity contribution in [1.29, 1.82) is 0 Å². The quantitative estimate of drug-likeness (QED) is 0.143. The van der Waals surface area contributed by atoms with Gasteiger partial charge in [0, 0.05) is 11.6 Å². The van der Waals surface area contributed by atoms with Crippen LogP contribution in [0.5, 0.6) is 0 Å². The van der Waals surface area contributed by atoms with E-state index in [1.54, 1.807) is 6.92 Å². The number of hydrogen-bond donors (Lipinski definition) is 7. The summed E-state index contributed by atoms with van der Waals surface area (Å²) in [5.74, 6) is 0. The number of nitro groups is 2. The van der Waals surface area contributed by atoms with Gasteiger partial charge in [-0.25, -0.2) is 0 Å². The topological polar surface area (TPSA) is 256 Å². The Kier molecular flexibility index (Phi) is 14.0. The van der Waals surface area contributed by atoms with Crippen LogP contribution in [-0.4, -0.2) is 120 Å². The molecule has 2 aliphatic rings. The van der Waals surface area contributed by atoms with Gasteiger partial charge in [0.05, 0.1) is 35.2 Å². The number of nitro benzene ring substituents is 2. The molecule has 2 saturated heterocycles. The van der Waals surface area contributed by atoms with Crippen LogP contribution >= 0.6 is 0 Å². The highest BCUT2D eigenvalue weighted by Gasteiger charge is 2.50. The first kappa shape index (κ1) is 39.8. The van der Waals surface area contributed by atoms with Crippen LogP contribution in [0.25, 0.3) is 0 Å². The van der Waals surface area contributed by atoms with Crippen LogP contribution < -0.4 is 0 Å². The van der Waals surface area contributed by atoms with Crippen LogP contribution in [-0.2, 0) is 20.6 Å². The van der Waals surface area contributed by atoms with Crippen molar-refractivity contribution in [3.8, 4) is 0 Å². The van der Waals surface area contributed by atoms with Crippen molar-refractivity contribution in [2.24, 2.45) is 10.8 Å². The summed E-state index contributed by atoms with van der Waals surface area (Å²) in [7, 11) is 0. The first-order valence-corrected chi connectivity index (χ1v) is 15.1. The zero-order valence-electron chi connectivity index (χ0n) is 27.3. The maximum absolute atomic E-state index is 11.0. The normalized spacial score (nSPS) is 32.0. The number of hydrogen-bond acceptors (Lipinski definition) is 14. The SMILES string of the molecule is CC(C)(C)CC[C@@H]1OC(CO)[C@H](O)[C@H](O[C@H]2OC(CO)[C@H](O)[C@H](O)C2O)C1O.Cc1cc([N+](=O)[O-])cc([N+](=O)[O-])c1CC(C)(C)C. The van der Waals surface area contributed by atoms with E-state index in [1.807, 2.05) is 41.5 Å². The van der Waals surface area contributed by atoms with E-state index >= 15 is 0 Å². The number of aliphatic hydroxyl groups excluding tert-OH is 7. The van der Waals surface area contributed by atoms with Gasteiger partial charge < -0.3 is 50.0 Å². The number of rotatable bonds is 9. The van der Waals surface area contributed by atoms with E-state index in [0.29, 0.717) is 30.4 Å². The van der Waals surface area contributed by atoms with E-state index in [2.05, 4.69) is 0 Å². The summed E-state index contributed by atoms with van der Waals surface area (Å²) in [4.78, 5) is 20.6. The Bertz CT molecular complexity index is 1170. The molecular weight excluding hydrogens is 612 g/mol.